The number of methoxy groups -OCH3 is 1. The summed E-state index contributed by atoms with van der Waals surface area (Å²) < 4.78 is 12.6. The highest BCUT2D eigenvalue weighted by Gasteiger charge is 2.47. The van der Waals surface area contributed by atoms with Crippen molar-refractivity contribution in [2.24, 2.45) is 5.92 Å². The third-order valence-electron chi connectivity index (χ3n) is 7.87. The molecule has 0 saturated carbocycles. The number of nitrogens with zero attached hydrogens (tertiary/aromatic N) is 2. The van der Waals surface area contributed by atoms with Crippen LogP contribution in [-0.2, 0) is 20.9 Å². The fourth-order valence-electron chi connectivity index (χ4n) is 5.68. The molecule has 9 heteroatoms. The van der Waals surface area contributed by atoms with Gasteiger partial charge in [0.05, 0.1) is 12.7 Å². The van der Waals surface area contributed by atoms with Gasteiger partial charge in [0.2, 0.25) is 12.3 Å². The van der Waals surface area contributed by atoms with Gasteiger partial charge in [0.15, 0.2) is 8.32 Å². The average molecular weight is 577 g/mol. The number of ether oxygens (including phenoxy) is 2. The Bertz CT molecular complexity index is 1300. The van der Waals surface area contributed by atoms with Gasteiger partial charge in [-0.3, -0.25) is 14.5 Å². The number of hydrogen-bond acceptors (Lipinski definition) is 6. The van der Waals surface area contributed by atoms with Crippen molar-refractivity contribution in [2.45, 2.75) is 50.7 Å². The number of hydrogen-bond donors (Lipinski definition) is 2. The maximum atomic E-state index is 13.6. The van der Waals surface area contributed by atoms with Crippen molar-refractivity contribution in [1.82, 2.24) is 4.90 Å². The summed E-state index contributed by atoms with van der Waals surface area (Å²) in [5, 5.41) is 9.68. The van der Waals surface area contributed by atoms with E-state index in [0.29, 0.717) is 18.0 Å². The molecule has 1 aliphatic heterocycles. The van der Waals surface area contributed by atoms with Gasteiger partial charge in [0.25, 0.3) is 0 Å². The van der Waals surface area contributed by atoms with Crippen LogP contribution in [0, 0.1) is 5.92 Å². The van der Waals surface area contributed by atoms with Crippen LogP contribution in [0.25, 0.3) is 0 Å². The maximum Gasteiger partial charge on any atom is 0.223 e. The molecule has 0 bridgehead atoms. The number of carbonyl (C=O) groups excluding carboxylic acids is 2. The molecule has 0 aliphatic carbocycles. The third-order valence-corrected chi connectivity index (χ3v) is 10.2. The number of fused-ring (bicyclic) bond motifs is 1. The average Bonchev–Trinajstić information content (AvgIpc) is 2.96. The number of para-hydroxylation sites is 1. The lowest BCUT2D eigenvalue weighted by Gasteiger charge is -2.44. The molecule has 3 aromatic rings. The molecule has 218 valence electrons. The summed E-state index contributed by atoms with van der Waals surface area (Å²) in [6.45, 7) is 6.10. The molecular weight excluding hydrogens is 536 g/mol. The van der Waals surface area contributed by atoms with Gasteiger partial charge in [-0.25, -0.2) is 0 Å². The van der Waals surface area contributed by atoms with Gasteiger partial charge in [-0.2, -0.15) is 0 Å². The first-order chi connectivity index (χ1) is 19.7. The Hall–Kier alpha value is -3.50. The van der Waals surface area contributed by atoms with Crippen molar-refractivity contribution in [3.8, 4) is 5.75 Å². The standard InChI is InChI=1S/C32H40N2O6Si/c1-23-31(39-2)27-19-26(34(22-36)25-13-9-6-10-14-25)15-16-28(27)40-32(23)29(41(3,4)38)20-30(37)33(17-18-35)21-24-11-7-5-8-12-24/h5-16,19,22-23,29,31-32,35,38H,17-18,20-21H2,1-4H3/t23-,29?,31-,32-/m1/s1. The maximum absolute atomic E-state index is 13.6. The number of rotatable bonds is 12. The predicted molar refractivity (Wildman–Crippen MR) is 161 cm³/mol. The van der Waals surface area contributed by atoms with E-state index in [0.717, 1.165) is 23.2 Å². The zero-order chi connectivity index (χ0) is 29.6. The minimum atomic E-state index is -2.93. The Morgan fingerprint density at radius 1 is 1.05 bits per heavy atom. The molecule has 0 saturated heterocycles. The highest BCUT2D eigenvalue weighted by molar-refractivity contribution is 6.71. The Labute approximate surface area is 243 Å². The number of aliphatic hydroxyl groups is 1. The minimum absolute atomic E-state index is 0.0916. The highest BCUT2D eigenvalue weighted by atomic mass is 28.4. The van der Waals surface area contributed by atoms with Crippen LogP contribution in [0.4, 0.5) is 11.4 Å². The predicted octanol–water partition coefficient (Wildman–Crippen LogP) is 5.04. The highest BCUT2D eigenvalue weighted by Crippen LogP contribution is 2.48. The molecule has 0 radical (unpaired) electrons. The molecule has 2 N–H and O–H groups in total. The Balaban J connectivity index is 1.62. The molecule has 41 heavy (non-hydrogen) atoms. The number of anilines is 2. The molecule has 1 unspecified atom stereocenters. The lowest BCUT2D eigenvalue weighted by atomic mass is 9.86. The van der Waals surface area contributed by atoms with Crippen LogP contribution in [0.15, 0.2) is 78.9 Å². The van der Waals surface area contributed by atoms with E-state index < -0.39 is 20.0 Å². The summed E-state index contributed by atoms with van der Waals surface area (Å²) in [5.74, 6) is 0.272. The van der Waals surface area contributed by atoms with Crippen molar-refractivity contribution >= 4 is 32.0 Å². The molecule has 1 aliphatic rings. The summed E-state index contributed by atoms with van der Waals surface area (Å²) in [4.78, 5) is 40.3. The van der Waals surface area contributed by atoms with Gasteiger partial charge in [0, 0.05) is 55.0 Å². The van der Waals surface area contributed by atoms with E-state index in [2.05, 4.69) is 0 Å². The zero-order valence-corrected chi connectivity index (χ0v) is 25.1. The number of benzene rings is 3. The largest absolute Gasteiger partial charge is 0.490 e. The summed E-state index contributed by atoms with van der Waals surface area (Å²) in [6.07, 6.45) is 0.0239. The minimum Gasteiger partial charge on any atom is -0.490 e. The summed E-state index contributed by atoms with van der Waals surface area (Å²) in [5.41, 5.74) is 2.78. The van der Waals surface area contributed by atoms with Gasteiger partial charge in [-0.15, -0.1) is 0 Å². The Kier molecular flexibility index (Phi) is 9.98. The van der Waals surface area contributed by atoms with Crippen molar-refractivity contribution in [1.29, 1.82) is 0 Å². The number of amides is 2. The second kappa shape index (κ2) is 13.4. The fourth-order valence-corrected chi connectivity index (χ4v) is 7.53. The summed E-state index contributed by atoms with van der Waals surface area (Å²) >= 11 is 0. The number of aliphatic hydroxyl groups excluding tert-OH is 1. The van der Waals surface area contributed by atoms with Crippen molar-refractivity contribution < 1.29 is 29.0 Å². The molecule has 8 nitrogen and oxygen atoms in total. The Morgan fingerprint density at radius 3 is 2.29 bits per heavy atom. The molecule has 2 amide bonds. The Morgan fingerprint density at radius 2 is 1.71 bits per heavy atom. The smallest absolute Gasteiger partial charge is 0.223 e. The molecule has 1 heterocycles. The van der Waals surface area contributed by atoms with Crippen LogP contribution < -0.4 is 9.64 Å². The van der Waals surface area contributed by atoms with E-state index in [-0.39, 0.29) is 37.5 Å². The molecule has 3 aromatic carbocycles. The van der Waals surface area contributed by atoms with Crippen LogP contribution >= 0.6 is 0 Å². The molecule has 0 spiro atoms. The lowest BCUT2D eigenvalue weighted by Crippen LogP contribution is -2.50. The summed E-state index contributed by atoms with van der Waals surface area (Å²) in [7, 11) is -1.29. The quantitative estimate of drug-likeness (QED) is 0.231. The van der Waals surface area contributed by atoms with Crippen LogP contribution in [0.5, 0.6) is 5.75 Å². The lowest BCUT2D eigenvalue weighted by molar-refractivity contribution is -0.133. The first kappa shape index (κ1) is 30.5. The molecule has 0 fully saturated rings. The van der Waals surface area contributed by atoms with Gasteiger partial charge in [0.1, 0.15) is 11.9 Å². The van der Waals surface area contributed by atoms with Gasteiger partial charge in [-0.1, -0.05) is 55.5 Å². The molecule has 0 aromatic heterocycles. The second-order valence-corrected chi connectivity index (χ2v) is 15.2. The SMILES string of the molecule is CO[C@H]1c2cc(N(C=O)c3ccccc3)ccc2O[C@@H](C(CC(=O)N(CCO)Cc2ccccc2)[Si](C)(C)O)[C@@H]1C. The van der Waals surface area contributed by atoms with E-state index in [1.54, 1.807) is 16.9 Å². The second-order valence-electron chi connectivity index (χ2n) is 11.1. The zero-order valence-electron chi connectivity index (χ0n) is 24.1. The molecule has 4 rings (SSSR count). The molecular formula is C32H40N2O6Si. The van der Waals surface area contributed by atoms with E-state index in [9.17, 15) is 19.5 Å². The van der Waals surface area contributed by atoms with Crippen LogP contribution in [-0.4, -0.2) is 61.8 Å². The number of carbonyl (C=O) groups is 2. The normalized spacial score (nSPS) is 19.0. The first-order valence-electron chi connectivity index (χ1n) is 14.0. The third kappa shape index (κ3) is 7.05. The van der Waals surface area contributed by atoms with Gasteiger partial charge in [-0.05, 0) is 49.0 Å². The van der Waals surface area contributed by atoms with E-state index >= 15 is 0 Å². The van der Waals surface area contributed by atoms with E-state index in [4.69, 9.17) is 9.47 Å². The van der Waals surface area contributed by atoms with E-state index in [1.165, 1.54) is 0 Å². The van der Waals surface area contributed by atoms with Crippen molar-refractivity contribution in [2.75, 3.05) is 25.2 Å². The van der Waals surface area contributed by atoms with E-state index in [1.807, 2.05) is 98.9 Å². The van der Waals surface area contributed by atoms with Gasteiger partial charge < -0.3 is 24.3 Å². The van der Waals surface area contributed by atoms with Crippen molar-refractivity contribution in [3.63, 3.8) is 0 Å². The topological polar surface area (TPSA) is 99.5 Å². The monoisotopic (exact) mass is 576 g/mol. The van der Waals surface area contributed by atoms with Crippen LogP contribution in [0.2, 0.25) is 18.6 Å². The van der Waals surface area contributed by atoms with Gasteiger partial charge >= 0.3 is 0 Å². The van der Waals surface area contributed by atoms with Crippen molar-refractivity contribution in [3.05, 3.63) is 90.0 Å². The van der Waals surface area contributed by atoms with Crippen LogP contribution in [0.1, 0.15) is 30.6 Å². The fraction of sp³-hybridized carbons (Fsp3) is 0.375. The summed E-state index contributed by atoms with van der Waals surface area (Å²) in [6, 6.07) is 24.6. The van der Waals surface area contributed by atoms with Crippen LogP contribution in [0.3, 0.4) is 0 Å². The first-order valence-corrected chi connectivity index (χ1v) is 17.0. The molecule has 4 atom stereocenters.